The highest BCUT2D eigenvalue weighted by molar-refractivity contribution is 6.28. The second-order valence-electron chi connectivity index (χ2n) is 9.40. The van der Waals surface area contributed by atoms with E-state index in [0.717, 1.165) is 0 Å². The molecule has 0 amide bonds. The summed E-state index contributed by atoms with van der Waals surface area (Å²) in [5.41, 5.74) is -1.42. The number of imidazole rings is 1. The van der Waals surface area contributed by atoms with Crippen LogP contribution in [0.5, 0.6) is 0 Å². The fourth-order valence-electron chi connectivity index (χ4n) is 3.52. The van der Waals surface area contributed by atoms with Crippen LogP contribution < -0.4 is 11.3 Å². The molecule has 3 rings (SSSR count). The van der Waals surface area contributed by atoms with E-state index in [1.54, 1.807) is 34.6 Å². The van der Waals surface area contributed by atoms with Gasteiger partial charge in [0.25, 0.3) is 0 Å². The van der Waals surface area contributed by atoms with E-state index in [-0.39, 0.29) is 53.2 Å². The highest BCUT2D eigenvalue weighted by Gasteiger charge is 2.43. The maximum Gasteiger partial charge on any atom is 0.519 e. The molecule has 0 bridgehead atoms. The fraction of sp³-hybridized carbons (Fsp3) is 0.520. The van der Waals surface area contributed by atoms with Crippen LogP contribution in [0.2, 0.25) is 5.28 Å². The molecule has 0 aliphatic carbocycles. The van der Waals surface area contributed by atoms with E-state index in [9.17, 15) is 14.4 Å². The summed E-state index contributed by atoms with van der Waals surface area (Å²) in [6, 6.07) is 0. The summed E-state index contributed by atoms with van der Waals surface area (Å²) in [7, 11) is 1.32. The van der Waals surface area contributed by atoms with Crippen molar-refractivity contribution in [2.24, 2.45) is 11.8 Å². The third kappa shape index (κ3) is 6.23. The quantitative estimate of drug-likeness (QED) is 0.207. The SMILES string of the molecule is C#CC(COC(=O)C(C)C)(OC)[C@H](Cn1cnc2c(=N)n(Cc3oc(=O)oc3C)c(Cl)nc21)OC(=O)C(C)C. The number of hydrogen-bond donors (Lipinski definition) is 1. The van der Waals surface area contributed by atoms with Gasteiger partial charge in [-0.2, -0.15) is 4.98 Å². The summed E-state index contributed by atoms with van der Waals surface area (Å²) in [5.74, 6) is 0.0624. The predicted molar refractivity (Wildman–Crippen MR) is 137 cm³/mol. The predicted octanol–water partition coefficient (Wildman–Crippen LogP) is 2.05. The van der Waals surface area contributed by atoms with Gasteiger partial charge in [0.05, 0.1) is 31.3 Å². The lowest BCUT2D eigenvalue weighted by molar-refractivity contribution is -0.178. The van der Waals surface area contributed by atoms with Crippen molar-refractivity contribution in [3.63, 3.8) is 0 Å². The second-order valence-corrected chi connectivity index (χ2v) is 9.74. The van der Waals surface area contributed by atoms with E-state index in [4.69, 9.17) is 46.5 Å². The van der Waals surface area contributed by atoms with Crippen LogP contribution in [0.1, 0.15) is 39.2 Å². The number of methoxy groups -OCH3 is 1. The maximum atomic E-state index is 12.6. The molecule has 210 valence electrons. The maximum absolute atomic E-state index is 12.6. The molecule has 39 heavy (non-hydrogen) atoms. The van der Waals surface area contributed by atoms with Crippen molar-refractivity contribution in [1.29, 1.82) is 5.41 Å². The fourth-order valence-corrected chi connectivity index (χ4v) is 3.75. The van der Waals surface area contributed by atoms with E-state index in [2.05, 4.69) is 15.9 Å². The van der Waals surface area contributed by atoms with Crippen LogP contribution in [0.3, 0.4) is 0 Å². The number of aromatic nitrogens is 4. The summed E-state index contributed by atoms with van der Waals surface area (Å²) in [6.45, 7) is 7.61. The number of aryl methyl sites for hydroxylation is 1. The van der Waals surface area contributed by atoms with Crippen LogP contribution in [0.25, 0.3) is 11.2 Å². The van der Waals surface area contributed by atoms with Crippen LogP contribution in [0.4, 0.5) is 0 Å². The summed E-state index contributed by atoms with van der Waals surface area (Å²) >= 11 is 6.41. The van der Waals surface area contributed by atoms with Gasteiger partial charge in [-0.3, -0.25) is 19.6 Å². The molecule has 1 N–H and O–H groups in total. The van der Waals surface area contributed by atoms with Crippen molar-refractivity contribution < 1.29 is 32.6 Å². The molecule has 3 aromatic heterocycles. The first-order valence-corrected chi connectivity index (χ1v) is 12.4. The third-order valence-corrected chi connectivity index (χ3v) is 6.27. The van der Waals surface area contributed by atoms with E-state index >= 15 is 0 Å². The number of ether oxygens (including phenoxy) is 3. The van der Waals surface area contributed by atoms with Gasteiger partial charge in [-0.15, -0.1) is 6.42 Å². The van der Waals surface area contributed by atoms with Crippen LogP contribution in [0, 0.1) is 36.5 Å². The first-order chi connectivity index (χ1) is 18.3. The van der Waals surface area contributed by atoms with Gasteiger partial charge in [0, 0.05) is 7.11 Å². The minimum Gasteiger partial charge on any atom is -0.461 e. The van der Waals surface area contributed by atoms with Gasteiger partial charge in [0.2, 0.25) is 10.9 Å². The number of nitrogens with one attached hydrogen (secondary N) is 1. The smallest absolute Gasteiger partial charge is 0.461 e. The molecule has 0 saturated heterocycles. The molecule has 0 spiro atoms. The number of carbonyl (C=O) groups excluding carboxylic acids is 2. The molecule has 13 nitrogen and oxygen atoms in total. The lowest BCUT2D eigenvalue weighted by Crippen LogP contribution is -2.52. The van der Waals surface area contributed by atoms with Crippen LogP contribution in [0.15, 0.2) is 20.0 Å². The molecule has 0 aliphatic rings. The first kappa shape index (κ1) is 29.7. The topological polar surface area (TPSA) is 165 Å². The number of terminal acetylenes is 1. The minimum atomic E-state index is -1.65. The molecule has 0 aliphatic heterocycles. The van der Waals surface area contributed by atoms with Gasteiger partial charge >= 0.3 is 17.8 Å². The van der Waals surface area contributed by atoms with Crippen molar-refractivity contribution in [1.82, 2.24) is 19.1 Å². The van der Waals surface area contributed by atoms with Gasteiger partial charge in [-0.25, -0.2) is 9.78 Å². The second kappa shape index (κ2) is 11.9. The number of carbonyl (C=O) groups is 2. The molecular weight excluding hydrogens is 534 g/mol. The molecule has 14 heteroatoms. The zero-order chi connectivity index (χ0) is 29.1. The number of halogens is 1. The Bertz CT molecular complexity index is 1530. The highest BCUT2D eigenvalue weighted by atomic mass is 35.5. The van der Waals surface area contributed by atoms with Gasteiger partial charge in [0.1, 0.15) is 17.9 Å². The molecule has 3 heterocycles. The van der Waals surface area contributed by atoms with Crippen LogP contribution in [-0.4, -0.2) is 56.5 Å². The Hall–Kier alpha value is -3.89. The molecule has 0 aromatic carbocycles. The molecular formula is C25H30ClN5O8. The van der Waals surface area contributed by atoms with E-state index in [1.807, 2.05) is 0 Å². The average molecular weight is 564 g/mol. The zero-order valence-electron chi connectivity index (χ0n) is 22.4. The molecule has 1 unspecified atom stereocenters. The highest BCUT2D eigenvalue weighted by Crippen LogP contribution is 2.24. The molecule has 0 fully saturated rings. The standard InChI is InChI=1S/C25H30ClN5O8/c1-8-25(35-7,11-36-21(32)13(2)3)17(39-22(33)14(4)5)10-30-12-28-18-19(27)31(23(26)29-20(18)30)9-16-15(6)37-24(34)38-16/h1,12-14,17,27H,9-11H2,2-7H3/t17-,25?/m0/s1. The van der Waals surface area contributed by atoms with E-state index in [0.29, 0.717) is 0 Å². The lowest BCUT2D eigenvalue weighted by Gasteiger charge is -2.35. The van der Waals surface area contributed by atoms with Crippen molar-refractivity contribution >= 4 is 34.7 Å². The van der Waals surface area contributed by atoms with Gasteiger partial charge in [-0.05, 0) is 18.5 Å². The third-order valence-electron chi connectivity index (χ3n) is 5.98. The Morgan fingerprint density at radius 1 is 1.23 bits per heavy atom. The largest absolute Gasteiger partial charge is 0.519 e. The van der Waals surface area contributed by atoms with Crippen molar-refractivity contribution in [2.45, 2.75) is 59.4 Å². The van der Waals surface area contributed by atoms with Crippen molar-refractivity contribution in [2.75, 3.05) is 13.7 Å². The minimum absolute atomic E-state index is 0.0925. The Kier molecular flexibility index (Phi) is 9.03. The van der Waals surface area contributed by atoms with Crippen LogP contribution >= 0.6 is 11.6 Å². The number of fused-ring (bicyclic) bond motifs is 1. The zero-order valence-corrected chi connectivity index (χ0v) is 23.2. The summed E-state index contributed by atoms with van der Waals surface area (Å²) in [5, 5.41) is 8.53. The number of nitrogens with zero attached hydrogens (tertiary/aromatic N) is 4. The Morgan fingerprint density at radius 2 is 1.90 bits per heavy atom. The molecule has 0 saturated carbocycles. The molecule has 3 aromatic rings. The van der Waals surface area contributed by atoms with Crippen LogP contribution in [-0.2, 0) is 36.9 Å². The number of esters is 2. The summed E-state index contributed by atoms with van der Waals surface area (Å²) in [6.07, 6.45) is 6.07. The summed E-state index contributed by atoms with van der Waals surface area (Å²) < 4.78 is 29.4. The van der Waals surface area contributed by atoms with Gasteiger partial charge in [-0.1, -0.05) is 33.6 Å². The summed E-state index contributed by atoms with van der Waals surface area (Å²) in [4.78, 5) is 44.9. The van der Waals surface area contributed by atoms with Gasteiger partial charge in [0.15, 0.2) is 23.0 Å². The van der Waals surface area contributed by atoms with Gasteiger partial charge < -0.3 is 27.6 Å². The Balaban J connectivity index is 2.03. The Labute approximate surface area is 228 Å². The van der Waals surface area contributed by atoms with E-state index < -0.39 is 41.3 Å². The van der Waals surface area contributed by atoms with Crippen molar-refractivity contribution in [3.05, 3.63) is 39.2 Å². The Morgan fingerprint density at radius 3 is 2.44 bits per heavy atom. The number of rotatable bonds is 11. The molecule has 0 radical (unpaired) electrons. The van der Waals surface area contributed by atoms with E-state index in [1.165, 1.54) is 22.6 Å². The number of hydrogen-bond acceptors (Lipinski definition) is 11. The molecule has 2 atom stereocenters. The van der Waals surface area contributed by atoms with Crippen molar-refractivity contribution in [3.8, 4) is 12.3 Å². The normalized spacial score (nSPS) is 13.8. The first-order valence-electron chi connectivity index (χ1n) is 12.0. The lowest BCUT2D eigenvalue weighted by atomic mass is 9.97. The monoisotopic (exact) mass is 563 g/mol. The average Bonchev–Trinajstić information content (AvgIpc) is 3.43.